The van der Waals surface area contributed by atoms with Crippen LogP contribution in [0.25, 0.3) is 10.8 Å². The average molecular weight is 320 g/mol. The van der Waals surface area contributed by atoms with Gasteiger partial charge in [-0.15, -0.1) is 0 Å². The second kappa shape index (κ2) is 5.78. The number of benzene rings is 2. The van der Waals surface area contributed by atoms with Crippen molar-refractivity contribution in [2.24, 2.45) is 5.92 Å². The molecular weight excluding hydrogens is 302 g/mol. The molecule has 4 nitrogen and oxygen atoms in total. The predicted octanol–water partition coefficient (Wildman–Crippen LogP) is 3.04. The van der Waals surface area contributed by atoms with Gasteiger partial charge in [-0.05, 0) is 19.4 Å². The van der Waals surface area contributed by atoms with E-state index in [9.17, 15) is 15.0 Å². The smallest absolute Gasteiger partial charge is 0.257 e. The molecule has 2 N–H and O–H groups in total. The van der Waals surface area contributed by atoms with Gasteiger partial charge in [0.15, 0.2) is 0 Å². The van der Waals surface area contributed by atoms with Crippen molar-refractivity contribution in [3.63, 3.8) is 0 Å². The lowest BCUT2D eigenvalue weighted by Gasteiger charge is -2.19. The molecule has 0 radical (unpaired) electrons. The molecule has 5 heteroatoms. The highest BCUT2D eigenvalue weighted by Gasteiger charge is 2.31. The third kappa shape index (κ3) is 2.53. The zero-order valence-corrected chi connectivity index (χ0v) is 13.0. The SMILES string of the molecule is CC(O)C1CCN(C(=O)c2cc(Cl)c3ccccc3c2O)C1. The van der Waals surface area contributed by atoms with Crippen LogP contribution in [0.3, 0.4) is 0 Å². The molecule has 2 unspecified atom stereocenters. The summed E-state index contributed by atoms with van der Waals surface area (Å²) in [6, 6.07) is 8.72. The molecule has 3 rings (SSSR count). The van der Waals surface area contributed by atoms with Crippen LogP contribution in [0.4, 0.5) is 0 Å². The highest BCUT2D eigenvalue weighted by atomic mass is 35.5. The minimum absolute atomic E-state index is 0.0366. The molecule has 116 valence electrons. The van der Waals surface area contributed by atoms with Gasteiger partial charge >= 0.3 is 0 Å². The minimum atomic E-state index is -0.438. The standard InChI is InChI=1S/C17H18ClNO3/c1-10(20)11-6-7-19(9-11)17(22)14-8-15(18)12-4-2-3-5-13(12)16(14)21/h2-5,8,10-11,20-21H,6-7,9H2,1H3. The summed E-state index contributed by atoms with van der Waals surface area (Å²) in [5.41, 5.74) is 0.218. The van der Waals surface area contributed by atoms with E-state index in [2.05, 4.69) is 0 Å². The summed E-state index contributed by atoms with van der Waals surface area (Å²) in [7, 11) is 0. The molecule has 0 aromatic heterocycles. The monoisotopic (exact) mass is 319 g/mol. The van der Waals surface area contributed by atoms with E-state index in [0.29, 0.717) is 23.5 Å². The van der Waals surface area contributed by atoms with Crippen LogP contribution in [0.15, 0.2) is 30.3 Å². The Morgan fingerprint density at radius 3 is 2.68 bits per heavy atom. The Balaban J connectivity index is 1.97. The maximum atomic E-state index is 12.7. The number of aliphatic hydroxyl groups is 1. The lowest BCUT2D eigenvalue weighted by atomic mass is 10.0. The summed E-state index contributed by atoms with van der Waals surface area (Å²) in [6.45, 7) is 2.82. The zero-order valence-electron chi connectivity index (χ0n) is 12.3. The number of aliphatic hydroxyl groups excluding tert-OH is 1. The van der Waals surface area contributed by atoms with E-state index in [1.54, 1.807) is 24.0 Å². The average Bonchev–Trinajstić information content (AvgIpc) is 3.00. The van der Waals surface area contributed by atoms with E-state index in [1.807, 2.05) is 12.1 Å². The molecule has 1 aliphatic heterocycles. The largest absolute Gasteiger partial charge is 0.506 e. The van der Waals surface area contributed by atoms with Gasteiger partial charge in [0.2, 0.25) is 0 Å². The Hall–Kier alpha value is -1.78. The second-order valence-corrected chi connectivity index (χ2v) is 6.25. The molecule has 2 atom stereocenters. The van der Waals surface area contributed by atoms with E-state index in [-0.39, 0.29) is 23.1 Å². The summed E-state index contributed by atoms with van der Waals surface area (Å²) in [5, 5.41) is 21.8. The van der Waals surface area contributed by atoms with Crippen molar-refractivity contribution < 1.29 is 15.0 Å². The summed E-state index contributed by atoms with van der Waals surface area (Å²) < 4.78 is 0. The predicted molar refractivity (Wildman–Crippen MR) is 86.3 cm³/mol. The number of aromatic hydroxyl groups is 1. The van der Waals surface area contributed by atoms with Crippen molar-refractivity contribution >= 4 is 28.3 Å². The van der Waals surface area contributed by atoms with Crippen LogP contribution < -0.4 is 0 Å². The molecule has 22 heavy (non-hydrogen) atoms. The van der Waals surface area contributed by atoms with Crippen LogP contribution in [0.2, 0.25) is 5.02 Å². The van der Waals surface area contributed by atoms with Crippen molar-refractivity contribution in [3.8, 4) is 5.75 Å². The molecule has 1 amide bonds. The van der Waals surface area contributed by atoms with Gasteiger partial charge in [-0.25, -0.2) is 0 Å². The molecule has 1 saturated heterocycles. The topological polar surface area (TPSA) is 60.8 Å². The number of phenols is 1. The van der Waals surface area contributed by atoms with Gasteiger partial charge in [0.05, 0.1) is 11.7 Å². The van der Waals surface area contributed by atoms with Crippen LogP contribution in [0.5, 0.6) is 5.75 Å². The van der Waals surface area contributed by atoms with Gasteiger partial charge in [0, 0.05) is 34.8 Å². The number of halogens is 1. The molecule has 0 saturated carbocycles. The molecule has 0 spiro atoms. The number of fused-ring (bicyclic) bond motifs is 1. The highest BCUT2D eigenvalue weighted by Crippen LogP contribution is 2.35. The number of rotatable bonds is 2. The molecule has 1 heterocycles. The fourth-order valence-electron chi connectivity index (χ4n) is 3.01. The van der Waals surface area contributed by atoms with E-state index in [1.165, 1.54) is 6.07 Å². The number of nitrogens with zero attached hydrogens (tertiary/aromatic N) is 1. The maximum Gasteiger partial charge on any atom is 0.257 e. The van der Waals surface area contributed by atoms with Crippen LogP contribution in [0.1, 0.15) is 23.7 Å². The number of carbonyl (C=O) groups is 1. The van der Waals surface area contributed by atoms with Gasteiger partial charge in [-0.3, -0.25) is 4.79 Å². The first-order chi connectivity index (χ1) is 10.5. The number of amides is 1. The fourth-order valence-corrected chi connectivity index (χ4v) is 3.29. The number of hydrogen-bond donors (Lipinski definition) is 2. The zero-order chi connectivity index (χ0) is 15.9. The normalized spacial score (nSPS) is 19.6. The van der Waals surface area contributed by atoms with Crippen molar-refractivity contribution in [1.29, 1.82) is 0 Å². The maximum absolute atomic E-state index is 12.7. The quantitative estimate of drug-likeness (QED) is 0.894. The van der Waals surface area contributed by atoms with Crippen LogP contribution in [-0.4, -0.2) is 40.2 Å². The molecule has 2 aromatic rings. The Kier molecular flexibility index (Phi) is 3.98. The van der Waals surface area contributed by atoms with Crippen molar-refractivity contribution in [3.05, 3.63) is 40.9 Å². The van der Waals surface area contributed by atoms with Crippen molar-refractivity contribution in [1.82, 2.24) is 4.90 Å². The van der Waals surface area contributed by atoms with Crippen molar-refractivity contribution in [2.45, 2.75) is 19.4 Å². The second-order valence-electron chi connectivity index (χ2n) is 5.84. The van der Waals surface area contributed by atoms with E-state index >= 15 is 0 Å². The minimum Gasteiger partial charge on any atom is -0.506 e. The fraction of sp³-hybridized carbons (Fsp3) is 0.353. The Labute approximate surface area is 133 Å². The van der Waals surface area contributed by atoms with Gasteiger partial charge in [-0.1, -0.05) is 35.9 Å². The van der Waals surface area contributed by atoms with Gasteiger partial charge in [0.1, 0.15) is 5.75 Å². The molecule has 1 fully saturated rings. The number of likely N-dealkylation sites (tertiary alicyclic amines) is 1. The third-order valence-corrected chi connectivity index (χ3v) is 4.70. The molecule has 0 aliphatic carbocycles. The number of carbonyl (C=O) groups excluding carboxylic acids is 1. The third-order valence-electron chi connectivity index (χ3n) is 4.39. The lowest BCUT2D eigenvalue weighted by molar-refractivity contribution is 0.0760. The number of hydrogen-bond acceptors (Lipinski definition) is 3. The lowest BCUT2D eigenvalue weighted by Crippen LogP contribution is -2.30. The highest BCUT2D eigenvalue weighted by molar-refractivity contribution is 6.36. The Bertz CT molecular complexity index is 729. The van der Waals surface area contributed by atoms with Gasteiger partial charge < -0.3 is 15.1 Å². The van der Waals surface area contributed by atoms with E-state index in [4.69, 9.17) is 11.6 Å². The summed E-state index contributed by atoms with van der Waals surface area (Å²) >= 11 is 6.24. The first kappa shape index (κ1) is 15.1. The summed E-state index contributed by atoms with van der Waals surface area (Å²) in [6.07, 6.45) is 0.331. The first-order valence-corrected chi connectivity index (χ1v) is 7.74. The molecule has 0 bridgehead atoms. The van der Waals surface area contributed by atoms with E-state index in [0.717, 1.165) is 11.8 Å². The molecule has 2 aromatic carbocycles. The first-order valence-electron chi connectivity index (χ1n) is 7.36. The van der Waals surface area contributed by atoms with Crippen molar-refractivity contribution in [2.75, 3.05) is 13.1 Å². The van der Waals surface area contributed by atoms with E-state index < -0.39 is 6.10 Å². The van der Waals surface area contributed by atoms with Crippen LogP contribution in [0, 0.1) is 5.92 Å². The summed E-state index contributed by atoms with van der Waals surface area (Å²) in [4.78, 5) is 14.3. The van der Waals surface area contributed by atoms with Crippen LogP contribution >= 0.6 is 11.6 Å². The van der Waals surface area contributed by atoms with Gasteiger partial charge in [0.25, 0.3) is 5.91 Å². The Morgan fingerprint density at radius 1 is 1.36 bits per heavy atom. The molecule has 1 aliphatic rings. The van der Waals surface area contributed by atoms with Gasteiger partial charge in [-0.2, -0.15) is 0 Å². The Morgan fingerprint density at radius 2 is 2.05 bits per heavy atom. The number of phenolic OH excluding ortho intramolecular Hbond substituents is 1. The van der Waals surface area contributed by atoms with Crippen LogP contribution in [-0.2, 0) is 0 Å². The molecular formula is C17H18ClNO3. The summed E-state index contributed by atoms with van der Waals surface area (Å²) in [5.74, 6) is -0.194.